The van der Waals surface area contributed by atoms with Crippen molar-refractivity contribution in [2.75, 3.05) is 13.7 Å². The van der Waals surface area contributed by atoms with Crippen molar-refractivity contribution in [1.82, 2.24) is 9.88 Å². The molecule has 0 saturated carbocycles. The predicted octanol–water partition coefficient (Wildman–Crippen LogP) is 4.41. The zero-order valence-corrected chi connectivity index (χ0v) is 18.4. The fraction of sp³-hybridized carbons (Fsp3) is 0.280. The lowest BCUT2D eigenvalue weighted by molar-refractivity contribution is -0.117. The van der Waals surface area contributed by atoms with Crippen LogP contribution in [0.15, 0.2) is 48.2 Å². The molecule has 3 rings (SSSR count). The van der Waals surface area contributed by atoms with Gasteiger partial charge in [0.15, 0.2) is 0 Å². The topological polar surface area (TPSA) is 80.6 Å². The van der Waals surface area contributed by atoms with E-state index in [9.17, 15) is 14.7 Å². The molecule has 0 aliphatic carbocycles. The fourth-order valence-electron chi connectivity index (χ4n) is 3.64. The van der Waals surface area contributed by atoms with Crippen LogP contribution in [0.4, 0.5) is 0 Å². The first-order valence-electron chi connectivity index (χ1n) is 10.3. The van der Waals surface area contributed by atoms with Crippen LogP contribution < -0.4 is 10.1 Å². The summed E-state index contributed by atoms with van der Waals surface area (Å²) in [4.78, 5) is 23.4. The first kappa shape index (κ1) is 22.2. The second-order valence-electron chi connectivity index (χ2n) is 7.63. The van der Waals surface area contributed by atoms with E-state index in [2.05, 4.69) is 22.1 Å². The lowest BCUT2D eigenvalue weighted by atomic mass is 10.00. The highest BCUT2D eigenvalue weighted by Crippen LogP contribution is 2.29. The van der Waals surface area contributed by atoms with Gasteiger partial charge in [-0.2, -0.15) is 0 Å². The molecule has 6 heteroatoms. The molecule has 2 N–H and O–H groups in total. The van der Waals surface area contributed by atoms with E-state index in [0.717, 1.165) is 34.0 Å². The van der Waals surface area contributed by atoms with E-state index < -0.39 is 5.97 Å². The van der Waals surface area contributed by atoms with Gasteiger partial charge in [-0.3, -0.25) is 4.79 Å². The molecular formula is C25H28N2O4. The zero-order chi connectivity index (χ0) is 22.5. The van der Waals surface area contributed by atoms with E-state index in [1.807, 2.05) is 39.1 Å². The molecule has 1 aromatic heterocycles. The monoisotopic (exact) mass is 420 g/mol. The van der Waals surface area contributed by atoms with Gasteiger partial charge in [0.25, 0.3) is 0 Å². The molecule has 0 spiro atoms. The smallest absolute Gasteiger partial charge is 0.335 e. The predicted molar refractivity (Wildman–Crippen MR) is 123 cm³/mol. The van der Waals surface area contributed by atoms with Gasteiger partial charge in [0.2, 0.25) is 5.91 Å². The molecule has 0 aliphatic rings. The van der Waals surface area contributed by atoms with Crippen LogP contribution in [-0.2, 0) is 18.3 Å². The number of amides is 1. The number of fused-ring (bicyclic) bond motifs is 1. The lowest BCUT2D eigenvalue weighted by Gasteiger charge is -2.09. The Morgan fingerprint density at radius 2 is 1.94 bits per heavy atom. The van der Waals surface area contributed by atoms with Gasteiger partial charge in [-0.25, -0.2) is 4.79 Å². The molecule has 162 valence electrons. The highest BCUT2D eigenvalue weighted by atomic mass is 16.5. The molecule has 0 fully saturated rings. The normalized spacial score (nSPS) is 11.5. The second kappa shape index (κ2) is 9.51. The number of hydrogen-bond acceptors (Lipinski definition) is 3. The van der Waals surface area contributed by atoms with Crippen molar-refractivity contribution in [2.45, 2.75) is 26.7 Å². The van der Waals surface area contributed by atoms with Crippen LogP contribution in [0.25, 0.3) is 17.0 Å². The van der Waals surface area contributed by atoms with E-state index in [1.165, 1.54) is 0 Å². The summed E-state index contributed by atoms with van der Waals surface area (Å²) in [5, 5.41) is 13.2. The minimum absolute atomic E-state index is 0.0570. The molecule has 1 amide bonds. The van der Waals surface area contributed by atoms with E-state index >= 15 is 0 Å². The number of aryl methyl sites for hydroxylation is 1. The Morgan fingerprint density at radius 3 is 2.61 bits per heavy atom. The summed E-state index contributed by atoms with van der Waals surface area (Å²) in [7, 11) is 3.54. The maximum absolute atomic E-state index is 12.2. The zero-order valence-electron chi connectivity index (χ0n) is 18.4. The summed E-state index contributed by atoms with van der Waals surface area (Å²) >= 11 is 0. The van der Waals surface area contributed by atoms with Crippen molar-refractivity contribution in [2.24, 2.45) is 7.05 Å². The molecule has 0 radical (unpaired) electrons. The quantitative estimate of drug-likeness (QED) is 0.529. The van der Waals surface area contributed by atoms with E-state index in [4.69, 9.17) is 4.74 Å². The average Bonchev–Trinajstić information content (AvgIpc) is 3.06. The Hall–Kier alpha value is -3.54. The number of carbonyl (C=O) groups excluding carboxylic acids is 1. The highest BCUT2D eigenvalue weighted by Gasteiger charge is 2.13. The largest absolute Gasteiger partial charge is 0.496 e. The molecule has 31 heavy (non-hydrogen) atoms. The Labute approximate surface area is 182 Å². The van der Waals surface area contributed by atoms with Gasteiger partial charge in [0.1, 0.15) is 5.75 Å². The molecule has 0 saturated heterocycles. The van der Waals surface area contributed by atoms with Gasteiger partial charge in [-0.05, 0) is 60.4 Å². The van der Waals surface area contributed by atoms with Crippen molar-refractivity contribution in [3.8, 4) is 5.75 Å². The summed E-state index contributed by atoms with van der Waals surface area (Å²) in [6, 6.07) is 11.1. The van der Waals surface area contributed by atoms with Gasteiger partial charge in [-0.1, -0.05) is 19.1 Å². The highest BCUT2D eigenvalue weighted by molar-refractivity contribution is 5.98. The van der Waals surface area contributed by atoms with Crippen molar-refractivity contribution >= 4 is 28.9 Å². The number of methoxy groups -OCH3 is 1. The number of nitrogens with one attached hydrogen (secondary N) is 1. The molecule has 2 aromatic carbocycles. The van der Waals surface area contributed by atoms with Gasteiger partial charge < -0.3 is 19.7 Å². The van der Waals surface area contributed by atoms with Gasteiger partial charge >= 0.3 is 5.97 Å². The van der Waals surface area contributed by atoms with E-state index in [0.29, 0.717) is 24.3 Å². The van der Waals surface area contributed by atoms with Crippen molar-refractivity contribution in [3.63, 3.8) is 0 Å². The second-order valence-corrected chi connectivity index (χ2v) is 7.63. The number of carbonyl (C=O) groups is 2. The van der Waals surface area contributed by atoms with Crippen molar-refractivity contribution < 1.29 is 19.4 Å². The Balaban J connectivity index is 1.96. The minimum Gasteiger partial charge on any atom is -0.496 e. The lowest BCUT2D eigenvalue weighted by Crippen LogP contribution is -2.24. The van der Waals surface area contributed by atoms with Gasteiger partial charge in [0.05, 0.1) is 12.7 Å². The Morgan fingerprint density at radius 1 is 1.16 bits per heavy atom. The molecule has 6 nitrogen and oxygen atoms in total. The fourth-order valence-corrected chi connectivity index (χ4v) is 3.64. The van der Waals surface area contributed by atoms with Crippen LogP contribution in [0, 0.1) is 0 Å². The minimum atomic E-state index is -0.982. The third kappa shape index (κ3) is 4.97. The van der Waals surface area contributed by atoms with Crippen molar-refractivity contribution in [3.05, 3.63) is 70.4 Å². The number of benzene rings is 2. The maximum Gasteiger partial charge on any atom is 0.335 e. The third-order valence-corrected chi connectivity index (χ3v) is 5.29. The van der Waals surface area contributed by atoms with Crippen LogP contribution in [-0.4, -0.2) is 35.2 Å². The van der Waals surface area contributed by atoms with Crippen LogP contribution in [0.3, 0.4) is 0 Å². The standard InChI is InChI=1S/C25H28N2O4/c1-5-10-26-24(28)16(2)11-17-6-9-22-21(12-17)20(15-27(22)3)13-18-7-8-19(25(29)30)14-23(18)31-4/h6-9,11-12,14-15H,5,10,13H2,1-4H3,(H,26,28)(H,29,30). The van der Waals surface area contributed by atoms with Crippen LogP contribution in [0.2, 0.25) is 0 Å². The number of aromatic carboxylic acids is 1. The summed E-state index contributed by atoms with van der Waals surface area (Å²) in [6.45, 7) is 4.50. The molecular weight excluding hydrogens is 392 g/mol. The Kier molecular flexibility index (Phi) is 6.80. The molecule has 1 heterocycles. The summed E-state index contributed by atoms with van der Waals surface area (Å²) in [5.74, 6) is -0.486. The van der Waals surface area contributed by atoms with Gasteiger partial charge in [0, 0.05) is 42.7 Å². The number of aromatic nitrogens is 1. The first-order chi connectivity index (χ1) is 14.8. The molecule has 0 bridgehead atoms. The molecule has 0 aliphatic heterocycles. The SMILES string of the molecule is CCCNC(=O)C(C)=Cc1ccc2c(c1)c(Cc1ccc(C(=O)O)cc1OC)cn2C. The third-order valence-electron chi connectivity index (χ3n) is 5.29. The molecule has 0 unspecified atom stereocenters. The number of rotatable bonds is 8. The number of ether oxygens (including phenoxy) is 1. The number of nitrogens with zero attached hydrogens (tertiary/aromatic N) is 1. The van der Waals surface area contributed by atoms with Gasteiger partial charge in [-0.15, -0.1) is 0 Å². The van der Waals surface area contributed by atoms with E-state index in [1.54, 1.807) is 25.3 Å². The van der Waals surface area contributed by atoms with Crippen LogP contribution in [0.1, 0.15) is 47.3 Å². The summed E-state index contributed by atoms with van der Waals surface area (Å²) in [5.41, 5.74) is 4.91. The number of carboxylic acids is 1. The summed E-state index contributed by atoms with van der Waals surface area (Å²) in [6.07, 6.45) is 5.46. The van der Waals surface area contributed by atoms with Crippen LogP contribution in [0.5, 0.6) is 5.75 Å². The maximum atomic E-state index is 12.2. The molecule has 3 aromatic rings. The Bertz CT molecular complexity index is 1160. The number of carboxylic acid groups (broad SMARTS) is 1. The van der Waals surface area contributed by atoms with Crippen molar-refractivity contribution in [1.29, 1.82) is 0 Å². The first-order valence-corrected chi connectivity index (χ1v) is 10.3. The van der Waals surface area contributed by atoms with E-state index in [-0.39, 0.29) is 11.5 Å². The number of hydrogen-bond donors (Lipinski definition) is 2. The summed E-state index contributed by atoms with van der Waals surface area (Å²) < 4.78 is 7.50. The molecule has 0 atom stereocenters. The average molecular weight is 421 g/mol. The van der Waals surface area contributed by atoms with Crippen LogP contribution >= 0.6 is 0 Å².